The molecule has 122 valence electrons. The molecule has 0 aliphatic heterocycles. The second-order valence-electron chi connectivity index (χ2n) is 5.16. The summed E-state index contributed by atoms with van der Waals surface area (Å²) in [6.07, 6.45) is 1.15. The average molecular weight is 372 g/mol. The lowest BCUT2D eigenvalue weighted by molar-refractivity contribution is 0.0940. The van der Waals surface area contributed by atoms with Gasteiger partial charge in [-0.05, 0) is 42.8 Å². The third-order valence-corrected chi connectivity index (χ3v) is 5.01. The SMILES string of the molecule is C[C@@H](NC(=O)c1ccc(Cl)cc1Cl)c1ccc(S(C)(=O)=O)cc1. The van der Waals surface area contributed by atoms with E-state index in [1.807, 2.05) is 0 Å². The molecule has 4 nitrogen and oxygen atoms in total. The molecule has 0 unspecified atom stereocenters. The smallest absolute Gasteiger partial charge is 0.253 e. The van der Waals surface area contributed by atoms with Gasteiger partial charge >= 0.3 is 0 Å². The van der Waals surface area contributed by atoms with Gasteiger partial charge in [-0.25, -0.2) is 8.42 Å². The van der Waals surface area contributed by atoms with E-state index in [-0.39, 0.29) is 21.9 Å². The highest BCUT2D eigenvalue weighted by molar-refractivity contribution is 7.90. The maximum absolute atomic E-state index is 12.3. The molecule has 1 N–H and O–H groups in total. The van der Waals surface area contributed by atoms with E-state index in [1.165, 1.54) is 18.2 Å². The number of halogens is 2. The first-order chi connectivity index (χ1) is 10.7. The van der Waals surface area contributed by atoms with Crippen molar-refractivity contribution in [2.45, 2.75) is 17.9 Å². The van der Waals surface area contributed by atoms with Crippen molar-refractivity contribution >= 4 is 38.9 Å². The van der Waals surface area contributed by atoms with Crippen LogP contribution in [0.3, 0.4) is 0 Å². The number of sulfone groups is 1. The minimum atomic E-state index is -3.24. The molecule has 0 radical (unpaired) electrons. The van der Waals surface area contributed by atoms with Crippen LogP contribution in [0, 0.1) is 0 Å². The van der Waals surface area contributed by atoms with Crippen molar-refractivity contribution in [3.05, 3.63) is 63.6 Å². The number of benzene rings is 2. The van der Waals surface area contributed by atoms with E-state index < -0.39 is 9.84 Å². The standard InChI is InChI=1S/C16H15Cl2NO3S/c1-10(11-3-6-13(7-4-11)23(2,21)22)19-16(20)14-8-5-12(17)9-15(14)18/h3-10H,1-2H3,(H,19,20)/t10-/m1/s1. The van der Waals surface area contributed by atoms with Crippen LogP contribution >= 0.6 is 23.2 Å². The topological polar surface area (TPSA) is 63.2 Å². The van der Waals surface area contributed by atoms with Crippen LogP contribution in [0.4, 0.5) is 0 Å². The molecule has 7 heteroatoms. The van der Waals surface area contributed by atoms with Crippen molar-refractivity contribution in [3.63, 3.8) is 0 Å². The Labute approximate surface area is 145 Å². The number of amides is 1. The summed E-state index contributed by atoms with van der Waals surface area (Å²) in [6.45, 7) is 1.80. The highest BCUT2D eigenvalue weighted by Gasteiger charge is 2.15. The van der Waals surface area contributed by atoms with E-state index in [2.05, 4.69) is 5.32 Å². The molecule has 23 heavy (non-hydrogen) atoms. The zero-order valence-corrected chi connectivity index (χ0v) is 14.8. The molecule has 2 aromatic rings. The van der Waals surface area contributed by atoms with Crippen molar-refractivity contribution in [3.8, 4) is 0 Å². The predicted molar refractivity (Wildman–Crippen MR) is 91.9 cm³/mol. The molecule has 0 aliphatic carbocycles. The Morgan fingerprint density at radius 3 is 2.22 bits per heavy atom. The molecule has 1 amide bonds. The first-order valence-electron chi connectivity index (χ1n) is 6.74. The first kappa shape index (κ1) is 17.8. The van der Waals surface area contributed by atoms with Crippen molar-refractivity contribution in [2.75, 3.05) is 6.26 Å². The Balaban J connectivity index is 2.15. The third kappa shape index (κ3) is 4.47. The van der Waals surface area contributed by atoms with Crippen molar-refractivity contribution in [1.29, 1.82) is 0 Å². The van der Waals surface area contributed by atoms with Gasteiger partial charge in [0.2, 0.25) is 0 Å². The number of nitrogens with one attached hydrogen (secondary N) is 1. The van der Waals surface area contributed by atoms with Crippen LogP contribution in [0.25, 0.3) is 0 Å². The van der Waals surface area contributed by atoms with E-state index in [9.17, 15) is 13.2 Å². The number of rotatable bonds is 4. The van der Waals surface area contributed by atoms with E-state index in [0.29, 0.717) is 10.6 Å². The van der Waals surface area contributed by atoms with Crippen LogP contribution in [0.1, 0.15) is 28.9 Å². The van der Waals surface area contributed by atoms with Gasteiger partial charge in [-0.3, -0.25) is 4.79 Å². The maximum Gasteiger partial charge on any atom is 0.253 e. The lowest BCUT2D eigenvalue weighted by Crippen LogP contribution is -2.26. The Kier molecular flexibility index (Phi) is 5.34. The van der Waals surface area contributed by atoms with Crippen LogP contribution in [0.5, 0.6) is 0 Å². The highest BCUT2D eigenvalue weighted by Crippen LogP contribution is 2.22. The Bertz CT molecular complexity index is 833. The Hall–Kier alpha value is -1.56. The maximum atomic E-state index is 12.3. The van der Waals surface area contributed by atoms with Gasteiger partial charge in [0.15, 0.2) is 9.84 Å². The lowest BCUT2D eigenvalue weighted by atomic mass is 10.1. The molecule has 0 spiro atoms. The summed E-state index contributed by atoms with van der Waals surface area (Å²) in [4.78, 5) is 12.5. The quantitative estimate of drug-likeness (QED) is 0.886. The Morgan fingerprint density at radius 2 is 1.70 bits per heavy atom. The minimum absolute atomic E-state index is 0.237. The van der Waals surface area contributed by atoms with Gasteiger partial charge in [-0.15, -0.1) is 0 Å². The second-order valence-corrected chi connectivity index (χ2v) is 8.02. The van der Waals surface area contributed by atoms with Gasteiger partial charge in [-0.2, -0.15) is 0 Å². The molecule has 2 rings (SSSR count). The van der Waals surface area contributed by atoms with Crippen molar-refractivity contribution in [2.24, 2.45) is 0 Å². The van der Waals surface area contributed by atoms with Gasteiger partial charge in [-0.1, -0.05) is 35.3 Å². The van der Waals surface area contributed by atoms with E-state index in [0.717, 1.165) is 11.8 Å². The molecule has 2 aromatic carbocycles. The molecule has 0 saturated carbocycles. The summed E-state index contributed by atoms with van der Waals surface area (Å²) >= 11 is 11.8. The van der Waals surface area contributed by atoms with Crippen LogP contribution < -0.4 is 5.32 Å². The van der Waals surface area contributed by atoms with E-state index in [4.69, 9.17) is 23.2 Å². The van der Waals surface area contributed by atoms with Crippen LogP contribution in [-0.4, -0.2) is 20.6 Å². The van der Waals surface area contributed by atoms with E-state index >= 15 is 0 Å². The van der Waals surface area contributed by atoms with Crippen molar-refractivity contribution < 1.29 is 13.2 Å². The third-order valence-electron chi connectivity index (χ3n) is 3.33. The molecule has 0 bridgehead atoms. The van der Waals surface area contributed by atoms with Gasteiger partial charge in [0.1, 0.15) is 0 Å². The van der Waals surface area contributed by atoms with Crippen LogP contribution in [-0.2, 0) is 9.84 Å². The van der Waals surface area contributed by atoms with Gasteiger partial charge in [0.05, 0.1) is 21.5 Å². The average Bonchev–Trinajstić information content (AvgIpc) is 2.46. The number of carbonyl (C=O) groups is 1. The van der Waals surface area contributed by atoms with Gasteiger partial charge in [0, 0.05) is 11.3 Å². The molecule has 0 heterocycles. The van der Waals surface area contributed by atoms with Crippen LogP contribution in [0.15, 0.2) is 47.4 Å². The van der Waals surface area contributed by atoms with Crippen LogP contribution in [0.2, 0.25) is 10.0 Å². The summed E-state index contributed by atoms with van der Waals surface area (Å²) in [5.74, 6) is -0.327. The summed E-state index contributed by atoms with van der Waals surface area (Å²) < 4.78 is 22.9. The van der Waals surface area contributed by atoms with Gasteiger partial charge in [0.25, 0.3) is 5.91 Å². The number of hydrogen-bond acceptors (Lipinski definition) is 3. The fourth-order valence-corrected chi connectivity index (χ4v) is 3.16. The van der Waals surface area contributed by atoms with E-state index in [1.54, 1.807) is 31.2 Å². The highest BCUT2D eigenvalue weighted by atomic mass is 35.5. The molecule has 0 aliphatic rings. The molecule has 1 atom stereocenters. The number of hydrogen-bond donors (Lipinski definition) is 1. The fraction of sp³-hybridized carbons (Fsp3) is 0.188. The summed E-state index contributed by atoms with van der Waals surface area (Å²) in [5.41, 5.74) is 1.12. The largest absolute Gasteiger partial charge is 0.345 e. The summed E-state index contributed by atoms with van der Waals surface area (Å²) in [5, 5.41) is 3.54. The predicted octanol–water partition coefficient (Wildman–Crippen LogP) is 3.89. The summed E-state index contributed by atoms with van der Waals surface area (Å²) in [7, 11) is -3.24. The van der Waals surface area contributed by atoms with Gasteiger partial charge < -0.3 is 5.32 Å². The zero-order chi connectivity index (χ0) is 17.2. The lowest BCUT2D eigenvalue weighted by Gasteiger charge is -2.15. The monoisotopic (exact) mass is 371 g/mol. The fourth-order valence-electron chi connectivity index (χ4n) is 2.04. The Morgan fingerprint density at radius 1 is 1.09 bits per heavy atom. The molecular formula is C16H15Cl2NO3S. The number of carbonyl (C=O) groups excluding carboxylic acids is 1. The molecule has 0 saturated heterocycles. The summed E-state index contributed by atoms with van der Waals surface area (Å²) in [6, 6.07) is 10.7. The first-order valence-corrected chi connectivity index (χ1v) is 9.39. The molecular weight excluding hydrogens is 357 g/mol. The normalized spacial score (nSPS) is 12.7. The van der Waals surface area contributed by atoms with Crippen molar-refractivity contribution in [1.82, 2.24) is 5.32 Å². The second kappa shape index (κ2) is 6.91. The molecule has 0 aromatic heterocycles. The molecule has 0 fully saturated rings. The zero-order valence-electron chi connectivity index (χ0n) is 12.5. The minimum Gasteiger partial charge on any atom is -0.345 e.